The monoisotopic (exact) mass is 400 g/mol. The lowest BCUT2D eigenvalue weighted by Gasteiger charge is -2.08. The molecular weight excluding hydrogens is 380 g/mol. The van der Waals surface area contributed by atoms with Crippen LogP contribution >= 0.6 is 22.9 Å². The van der Waals surface area contributed by atoms with Crippen molar-refractivity contribution in [3.05, 3.63) is 64.0 Å². The Hall–Kier alpha value is -2.37. The summed E-state index contributed by atoms with van der Waals surface area (Å²) in [6.07, 6.45) is 0. The van der Waals surface area contributed by atoms with Crippen LogP contribution in [0.2, 0.25) is 5.02 Å². The molecule has 1 N–H and O–H groups in total. The number of carbonyl (C=O) groups is 1. The van der Waals surface area contributed by atoms with Gasteiger partial charge in [-0.05, 0) is 42.7 Å². The van der Waals surface area contributed by atoms with Crippen LogP contribution in [0.25, 0.3) is 11.3 Å². The number of nitrogens with one attached hydrogen (secondary N) is 1. The molecule has 27 heavy (non-hydrogen) atoms. The summed E-state index contributed by atoms with van der Waals surface area (Å²) in [5.41, 5.74) is 2.99. The van der Waals surface area contributed by atoms with E-state index in [1.807, 2.05) is 55.5 Å². The van der Waals surface area contributed by atoms with Crippen LogP contribution in [0.3, 0.4) is 0 Å². The fraction of sp³-hybridized carbons (Fsp3) is 0.238. The molecule has 0 aliphatic heterocycles. The van der Waals surface area contributed by atoms with Gasteiger partial charge in [0.05, 0.1) is 5.69 Å². The van der Waals surface area contributed by atoms with Crippen LogP contribution in [-0.4, -0.2) is 17.5 Å². The highest BCUT2D eigenvalue weighted by molar-refractivity contribution is 7.16. The Labute approximate surface area is 168 Å². The Morgan fingerprint density at radius 2 is 1.96 bits per heavy atom. The Bertz CT molecular complexity index is 936. The van der Waals surface area contributed by atoms with Crippen molar-refractivity contribution >= 4 is 34.0 Å². The summed E-state index contributed by atoms with van der Waals surface area (Å²) >= 11 is 7.48. The first kappa shape index (κ1) is 19.4. The number of rotatable bonds is 6. The zero-order valence-electron chi connectivity index (χ0n) is 15.5. The third-order valence-electron chi connectivity index (χ3n) is 4.06. The third-order valence-corrected chi connectivity index (χ3v) is 5.18. The summed E-state index contributed by atoms with van der Waals surface area (Å²) in [6.45, 7) is 6.18. The third kappa shape index (κ3) is 5.08. The van der Waals surface area contributed by atoms with Gasteiger partial charge < -0.3 is 4.74 Å². The average molecular weight is 401 g/mol. The molecule has 0 aliphatic rings. The number of hydrogen-bond donors (Lipinski definition) is 1. The lowest BCUT2D eigenvalue weighted by molar-refractivity contribution is -0.118. The van der Waals surface area contributed by atoms with Gasteiger partial charge in [-0.25, -0.2) is 4.98 Å². The number of thiazole rings is 1. The van der Waals surface area contributed by atoms with Gasteiger partial charge in [0.15, 0.2) is 11.7 Å². The first-order valence-corrected chi connectivity index (χ1v) is 9.88. The van der Waals surface area contributed by atoms with E-state index < -0.39 is 0 Å². The van der Waals surface area contributed by atoms with Crippen LogP contribution in [0, 0.1) is 6.92 Å². The second-order valence-corrected chi connectivity index (χ2v) is 8.13. The number of aromatic nitrogens is 1. The fourth-order valence-corrected chi connectivity index (χ4v) is 3.65. The number of ether oxygens (including phenoxy) is 1. The van der Waals surface area contributed by atoms with Crippen LogP contribution in [0.1, 0.15) is 30.2 Å². The van der Waals surface area contributed by atoms with Crippen LogP contribution in [-0.2, 0) is 4.79 Å². The SMILES string of the molecule is Cc1sc(NC(=O)COc2ccc(C(C)C)cc2)nc1-c1cccc(Cl)c1. The van der Waals surface area contributed by atoms with Gasteiger partial charge in [-0.2, -0.15) is 0 Å². The molecule has 3 aromatic rings. The molecule has 1 aromatic heterocycles. The van der Waals surface area contributed by atoms with Gasteiger partial charge in [0.1, 0.15) is 5.75 Å². The normalized spacial score (nSPS) is 10.9. The van der Waals surface area contributed by atoms with Crippen molar-refractivity contribution in [3.8, 4) is 17.0 Å². The predicted molar refractivity (Wildman–Crippen MR) is 112 cm³/mol. The molecule has 1 amide bonds. The van der Waals surface area contributed by atoms with Crippen molar-refractivity contribution in [1.29, 1.82) is 0 Å². The van der Waals surface area contributed by atoms with Crippen LogP contribution in [0.5, 0.6) is 5.75 Å². The van der Waals surface area contributed by atoms with Crippen LogP contribution in [0.4, 0.5) is 5.13 Å². The van der Waals surface area contributed by atoms with Crippen molar-refractivity contribution < 1.29 is 9.53 Å². The molecule has 0 fully saturated rings. The molecule has 0 atom stereocenters. The van der Waals surface area contributed by atoms with Crippen molar-refractivity contribution in [2.24, 2.45) is 0 Å². The number of anilines is 1. The molecule has 6 heteroatoms. The molecule has 140 valence electrons. The van der Waals surface area contributed by atoms with E-state index in [2.05, 4.69) is 24.1 Å². The second kappa shape index (κ2) is 8.55. The van der Waals surface area contributed by atoms with E-state index in [-0.39, 0.29) is 12.5 Å². The zero-order valence-corrected chi connectivity index (χ0v) is 17.0. The highest BCUT2D eigenvalue weighted by Crippen LogP contribution is 2.31. The van der Waals surface area contributed by atoms with E-state index in [1.54, 1.807) is 0 Å². The number of amides is 1. The lowest BCUT2D eigenvalue weighted by Crippen LogP contribution is -2.20. The van der Waals surface area contributed by atoms with Crippen LogP contribution < -0.4 is 10.1 Å². The first-order chi connectivity index (χ1) is 12.9. The van der Waals surface area contributed by atoms with Gasteiger partial charge in [0, 0.05) is 15.5 Å². The maximum atomic E-state index is 12.2. The second-order valence-electron chi connectivity index (χ2n) is 6.49. The number of benzene rings is 2. The standard InChI is InChI=1S/C21H21ClN2O2S/c1-13(2)15-7-9-18(10-8-15)26-12-19(25)23-21-24-20(14(3)27-21)16-5-4-6-17(22)11-16/h4-11,13H,12H2,1-3H3,(H,23,24,25). The highest BCUT2D eigenvalue weighted by atomic mass is 35.5. The zero-order chi connectivity index (χ0) is 19.4. The van der Waals surface area contributed by atoms with E-state index in [9.17, 15) is 4.79 Å². The Morgan fingerprint density at radius 3 is 2.63 bits per heavy atom. The Morgan fingerprint density at radius 1 is 1.22 bits per heavy atom. The van der Waals surface area contributed by atoms with E-state index in [0.717, 1.165) is 16.1 Å². The lowest BCUT2D eigenvalue weighted by atomic mass is 10.0. The molecule has 0 aliphatic carbocycles. The van der Waals surface area contributed by atoms with E-state index in [1.165, 1.54) is 16.9 Å². The molecule has 0 radical (unpaired) electrons. The molecule has 3 rings (SSSR count). The minimum atomic E-state index is -0.241. The van der Waals surface area contributed by atoms with E-state index >= 15 is 0 Å². The molecule has 0 saturated carbocycles. The summed E-state index contributed by atoms with van der Waals surface area (Å²) in [4.78, 5) is 17.7. The summed E-state index contributed by atoms with van der Waals surface area (Å²) < 4.78 is 5.56. The highest BCUT2D eigenvalue weighted by Gasteiger charge is 2.13. The largest absolute Gasteiger partial charge is 0.484 e. The number of halogens is 1. The first-order valence-electron chi connectivity index (χ1n) is 8.68. The number of carbonyl (C=O) groups excluding carboxylic acids is 1. The van der Waals surface area contributed by atoms with Crippen molar-refractivity contribution in [3.63, 3.8) is 0 Å². The van der Waals surface area contributed by atoms with Gasteiger partial charge in [-0.15, -0.1) is 11.3 Å². The Kier molecular flexibility index (Phi) is 6.14. The summed E-state index contributed by atoms with van der Waals surface area (Å²) in [5.74, 6) is 0.892. The maximum absolute atomic E-state index is 12.2. The summed E-state index contributed by atoms with van der Waals surface area (Å²) in [6, 6.07) is 15.3. The molecule has 4 nitrogen and oxygen atoms in total. The number of aryl methyl sites for hydroxylation is 1. The fourth-order valence-electron chi connectivity index (χ4n) is 2.61. The molecule has 2 aromatic carbocycles. The van der Waals surface area contributed by atoms with Gasteiger partial charge in [0.2, 0.25) is 0 Å². The van der Waals surface area contributed by atoms with Gasteiger partial charge in [0.25, 0.3) is 5.91 Å². The predicted octanol–water partition coefficient (Wildman–Crippen LogP) is 5.91. The molecule has 0 saturated heterocycles. The Balaban J connectivity index is 1.60. The summed E-state index contributed by atoms with van der Waals surface area (Å²) in [7, 11) is 0. The van der Waals surface area contributed by atoms with E-state index in [4.69, 9.17) is 16.3 Å². The number of hydrogen-bond acceptors (Lipinski definition) is 4. The molecule has 0 bridgehead atoms. The minimum absolute atomic E-state index is 0.0633. The van der Waals surface area contributed by atoms with Gasteiger partial charge in [-0.1, -0.05) is 49.7 Å². The molecule has 0 unspecified atom stereocenters. The smallest absolute Gasteiger partial charge is 0.264 e. The molecule has 1 heterocycles. The van der Waals surface area contributed by atoms with Crippen LogP contribution in [0.15, 0.2) is 48.5 Å². The van der Waals surface area contributed by atoms with E-state index in [0.29, 0.717) is 21.8 Å². The van der Waals surface area contributed by atoms with Gasteiger partial charge >= 0.3 is 0 Å². The van der Waals surface area contributed by atoms with Crippen molar-refractivity contribution in [1.82, 2.24) is 4.98 Å². The van der Waals surface area contributed by atoms with Crippen molar-refractivity contribution in [2.45, 2.75) is 26.7 Å². The minimum Gasteiger partial charge on any atom is -0.484 e. The molecular formula is C21H21ClN2O2S. The maximum Gasteiger partial charge on any atom is 0.264 e. The topological polar surface area (TPSA) is 51.2 Å². The average Bonchev–Trinajstić information content (AvgIpc) is 3.00. The molecule has 0 spiro atoms. The quantitative estimate of drug-likeness (QED) is 0.559. The summed E-state index contributed by atoms with van der Waals surface area (Å²) in [5, 5.41) is 4.00. The number of nitrogens with zero attached hydrogens (tertiary/aromatic N) is 1. The van der Waals surface area contributed by atoms with Crippen molar-refractivity contribution in [2.75, 3.05) is 11.9 Å². The van der Waals surface area contributed by atoms with Gasteiger partial charge in [-0.3, -0.25) is 10.1 Å².